The van der Waals surface area contributed by atoms with Gasteiger partial charge in [-0.2, -0.15) is 10.2 Å². The lowest BCUT2D eigenvalue weighted by Crippen LogP contribution is -2.44. The molecule has 1 saturated carbocycles. The molecule has 1 aromatic carbocycles. The molecule has 0 unspecified atom stereocenters. The fourth-order valence-corrected chi connectivity index (χ4v) is 5.54. The first-order valence-electron chi connectivity index (χ1n) is 9.86. The lowest BCUT2D eigenvalue weighted by Gasteiger charge is -2.28. The number of rotatable bonds is 7. The Morgan fingerprint density at radius 2 is 1.75 bits per heavy atom. The molecule has 6 nitrogen and oxygen atoms in total. The second-order valence-electron chi connectivity index (χ2n) is 8.33. The molecule has 0 atom stereocenters. The molecule has 0 aromatic heterocycles. The van der Waals surface area contributed by atoms with Crippen LogP contribution in [0.5, 0.6) is 5.75 Å². The largest absolute Gasteiger partial charge is 0.508 e. The van der Waals surface area contributed by atoms with Gasteiger partial charge in [-0.05, 0) is 62.4 Å². The van der Waals surface area contributed by atoms with Crippen molar-refractivity contribution in [2.24, 2.45) is 16.1 Å². The summed E-state index contributed by atoms with van der Waals surface area (Å²) in [5, 5.41) is 17.6. The molecule has 1 N–H and O–H groups in total. The molecule has 0 bridgehead atoms. The second kappa shape index (κ2) is 8.15. The van der Waals surface area contributed by atoms with E-state index in [2.05, 4.69) is 10.2 Å². The van der Waals surface area contributed by atoms with E-state index >= 15 is 0 Å². The van der Waals surface area contributed by atoms with Crippen molar-refractivity contribution in [1.82, 2.24) is 0 Å². The van der Waals surface area contributed by atoms with Crippen LogP contribution in [0.2, 0.25) is 0 Å². The summed E-state index contributed by atoms with van der Waals surface area (Å²) >= 11 is 0. The maximum atomic E-state index is 12.9. The van der Waals surface area contributed by atoms with Crippen molar-refractivity contribution >= 4 is 27.0 Å². The minimum absolute atomic E-state index is 0.0119. The fourth-order valence-electron chi connectivity index (χ4n) is 3.75. The first kappa shape index (κ1) is 20.7. The van der Waals surface area contributed by atoms with Crippen molar-refractivity contribution in [3.63, 3.8) is 0 Å². The SMILES string of the molecule is CC(C)(C(=O)CC1=NN=C(c2ccc(O)cc2)C1)S(=O)(=O)CC1CCCCC1. The molecule has 0 amide bonds. The normalized spacial score (nSPS) is 18.6. The summed E-state index contributed by atoms with van der Waals surface area (Å²) in [5.74, 6) is 0.0971. The summed E-state index contributed by atoms with van der Waals surface area (Å²) in [7, 11) is -3.54. The second-order valence-corrected chi connectivity index (χ2v) is 10.9. The van der Waals surface area contributed by atoms with Gasteiger partial charge in [0.2, 0.25) is 0 Å². The number of nitrogens with zero attached hydrogens (tertiary/aromatic N) is 2. The molecule has 152 valence electrons. The number of hydrogen-bond donors (Lipinski definition) is 1. The maximum absolute atomic E-state index is 12.9. The van der Waals surface area contributed by atoms with Gasteiger partial charge < -0.3 is 5.11 Å². The van der Waals surface area contributed by atoms with Gasteiger partial charge in [0.25, 0.3) is 0 Å². The van der Waals surface area contributed by atoms with Crippen LogP contribution in [0.15, 0.2) is 34.5 Å². The third-order valence-corrected chi connectivity index (χ3v) is 8.57. The molecule has 1 aromatic rings. The molecular weight excluding hydrogens is 376 g/mol. The van der Waals surface area contributed by atoms with Crippen LogP contribution in [0.1, 0.15) is 64.4 Å². The van der Waals surface area contributed by atoms with Crippen molar-refractivity contribution in [1.29, 1.82) is 0 Å². The van der Waals surface area contributed by atoms with Crippen LogP contribution in [0.4, 0.5) is 0 Å². The van der Waals surface area contributed by atoms with Gasteiger partial charge in [0.1, 0.15) is 10.5 Å². The van der Waals surface area contributed by atoms with Crippen molar-refractivity contribution in [2.75, 3.05) is 5.75 Å². The molecule has 1 heterocycles. The highest BCUT2D eigenvalue weighted by Crippen LogP contribution is 2.30. The highest BCUT2D eigenvalue weighted by molar-refractivity contribution is 7.93. The summed E-state index contributed by atoms with van der Waals surface area (Å²) in [6.07, 6.45) is 5.57. The molecule has 2 aliphatic rings. The van der Waals surface area contributed by atoms with Crippen molar-refractivity contribution in [2.45, 2.75) is 63.5 Å². The minimum atomic E-state index is -3.54. The highest BCUT2D eigenvalue weighted by Gasteiger charge is 2.42. The standard InChI is InChI=1S/C21H28N2O4S/c1-21(2,28(26,27)14-15-6-4-3-5-7-15)20(25)13-17-12-19(23-22-17)16-8-10-18(24)11-9-16/h8-11,15,24H,3-7,12-14H2,1-2H3. The van der Waals surface area contributed by atoms with Crippen LogP contribution >= 0.6 is 0 Å². The quantitative estimate of drug-likeness (QED) is 0.750. The predicted molar refractivity (Wildman–Crippen MR) is 111 cm³/mol. The average molecular weight is 405 g/mol. The lowest BCUT2D eigenvalue weighted by molar-refractivity contribution is -0.119. The summed E-state index contributed by atoms with van der Waals surface area (Å²) in [4.78, 5) is 12.9. The number of carbonyl (C=O) groups excluding carboxylic acids is 1. The molecule has 1 aliphatic carbocycles. The summed E-state index contributed by atoms with van der Waals surface area (Å²) in [6.45, 7) is 3.04. The molecule has 1 fully saturated rings. The fraction of sp³-hybridized carbons (Fsp3) is 0.571. The Hall–Kier alpha value is -2.02. The molecule has 3 rings (SSSR count). The van der Waals surface area contributed by atoms with Gasteiger partial charge >= 0.3 is 0 Å². The number of phenolic OH excluding ortho intramolecular Hbond substituents is 1. The lowest BCUT2D eigenvalue weighted by atomic mass is 9.91. The van der Waals surface area contributed by atoms with Gasteiger partial charge in [0, 0.05) is 12.8 Å². The molecule has 1 aliphatic heterocycles. The van der Waals surface area contributed by atoms with E-state index in [9.17, 15) is 18.3 Å². The monoisotopic (exact) mass is 404 g/mol. The topological polar surface area (TPSA) is 96.2 Å². The first-order chi connectivity index (χ1) is 13.2. The van der Waals surface area contributed by atoms with E-state index in [1.807, 2.05) is 0 Å². The number of ketones is 1. The van der Waals surface area contributed by atoms with Crippen LogP contribution in [-0.4, -0.2) is 41.2 Å². The predicted octanol–water partition coefficient (Wildman–Crippen LogP) is 3.67. The van der Waals surface area contributed by atoms with Crippen LogP contribution in [-0.2, 0) is 14.6 Å². The maximum Gasteiger partial charge on any atom is 0.162 e. The van der Waals surface area contributed by atoms with E-state index in [0.29, 0.717) is 17.8 Å². The third-order valence-electron chi connectivity index (χ3n) is 5.88. The van der Waals surface area contributed by atoms with Gasteiger partial charge in [-0.3, -0.25) is 4.79 Å². The molecule has 0 radical (unpaired) electrons. The van der Waals surface area contributed by atoms with E-state index in [4.69, 9.17) is 0 Å². The highest BCUT2D eigenvalue weighted by atomic mass is 32.2. The van der Waals surface area contributed by atoms with Crippen LogP contribution < -0.4 is 0 Å². The van der Waals surface area contributed by atoms with Gasteiger partial charge in [0.05, 0.1) is 17.2 Å². The zero-order valence-corrected chi connectivity index (χ0v) is 17.3. The number of hydrogen-bond acceptors (Lipinski definition) is 6. The first-order valence-corrected chi connectivity index (χ1v) is 11.5. The Morgan fingerprint density at radius 1 is 1.11 bits per heavy atom. The molecule has 0 saturated heterocycles. The Kier molecular flexibility index (Phi) is 6.03. The smallest absolute Gasteiger partial charge is 0.162 e. The average Bonchev–Trinajstić information content (AvgIpc) is 3.11. The van der Waals surface area contributed by atoms with Crippen LogP contribution in [0, 0.1) is 5.92 Å². The van der Waals surface area contributed by atoms with Gasteiger partial charge in [-0.15, -0.1) is 0 Å². The van der Waals surface area contributed by atoms with Crippen molar-refractivity contribution in [3.8, 4) is 5.75 Å². The van der Waals surface area contributed by atoms with Gasteiger partial charge in [-0.25, -0.2) is 8.42 Å². The Morgan fingerprint density at radius 3 is 2.39 bits per heavy atom. The Labute approximate surface area is 166 Å². The number of sulfone groups is 1. The zero-order chi connectivity index (χ0) is 20.4. The van der Waals surface area contributed by atoms with E-state index in [0.717, 1.165) is 31.2 Å². The van der Waals surface area contributed by atoms with Crippen molar-refractivity contribution in [3.05, 3.63) is 29.8 Å². The number of carbonyl (C=O) groups is 1. The molecule has 0 spiro atoms. The number of phenols is 1. The van der Waals surface area contributed by atoms with Crippen LogP contribution in [0.3, 0.4) is 0 Å². The summed E-state index contributed by atoms with van der Waals surface area (Å²) < 4.78 is 24.5. The number of benzene rings is 1. The molecular formula is C21H28N2O4S. The van der Waals surface area contributed by atoms with Crippen molar-refractivity contribution < 1.29 is 18.3 Å². The number of Topliss-reactive ketones (excluding diaryl/α,β-unsaturated/α-hetero) is 1. The minimum Gasteiger partial charge on any atom is -0.508 e. The summed E-state index contributed by atoms with van der Waals surface area (Å²) in [6, 6.07) is 6.63. The Balaban J connectivity index is 1.61. The van der Waals surface area contributed by atoms with Gasteiger partial charge in [-0.1, -0.05) is 19.3 Å². The van der Waals surface area contributed by atoms with Crippen LogP contribution in [0.25, 0.3) is 0 Å². The van der Waals surface area contributed by atoms with Gasteiger partial charge in [0.15, 0.2) is 15.6 Å². The van der Waals surface area contributed by atoms with E-state index < -0.39 is 14.6 Å². The Bertz CT molecular complexity index is 893. The van der Waals surface area contributed by atoms with E-state index in [1.54, 1.807) is 24.3 Å². The van der Waals surface area contributed by atoms with E-state index in [1.165, 1.54) is 20.3 Å². The van der Waals surface area contributed by atoms with E-state index in [-0.39, 0.29) is 29.6 Å². The molecule has 7 heteroatoms. The summed E-state index contributed by atoms with van der Waals surface area (Å²) in [5.41, 5.74) is 2.12. The zero-order valence-electron chi connectivity index (χ0n) is 16.5. The number of aromatic hydroxyl groups is 1. The third kappa shape index (κ3) is 4.51. The molecule has 28 heavy (non-hydrogen) atoms.